The fourth-order valence-electron chi connectivity index (χ4n) is 3.03. The lowest BCUT2D eigenvalue weighted by atomic mass is 10.2. The summed E-state index contributed by atoms with van der Waals surface area (Å²) >= 11 is 1.57. The number of anilines is 3. The molecule has 3 aromatic rings. The summed E-state index contributed by atoms with van der Waals surface area (Å²) in [5.74, 6) is -0.237. The predicted molar refractivity (Wildman–Crippen MR) is 136 cm³/mol. The molecule has 174 valence electrons. The Morgan fingerprint density at radius 1 is 0.879 bits per heavy atom. The molecule has 0 aliphatic heterocycles. The number of para-hydroxylation sites is 1. The molecule has 0 radical (unpaired) electrons. The van der Waals surface area contributed by atoms with Gasteiger partial charge in [-0.2, -0.15) is 0 Å². The Labute approximate surface area is 199 Å². The highest BCUT2D eigenvalue weighted by Crippen LogP contribution is 2.33. The van der Waals surface area contributed by atoms with Gasteiger partial charge in [0.1, 0.15) is 0 Å². The molecule has 0 atom stereocenters. The maximum atomic E-state index is 12.7. The molecule has 0 saturated heterocycles. The number of hydrogen-bond acceptors (Lipinski definition) is 6. The molecule has 9 heteroatoms. The molecule has 0 saturated carbocycles. The van der Waals surface area contributed by atoms with Gasteiger partial charge in [-0.25, -0.2) is 12.7 Å². The lowest BCUT2D eigenvalue weighted by molar-refractivity contribution is -0.114. The highest BCUT2D eigenvalue weighted by molar-refractivity contribution is 7.99. The first-order chi connectivity index (χ1) is 15.8. The minimum absolute atomic E-state index is 0.0196. The van der Waals surface area contributed by atoms with E-state index in [1.54, 1.807) is 30.0 Å². The number of rotatable bonds is 10. The van der Waals surface area contributed by atoms with Crippen molar-refractivity contribution in [3.8, 4) is 0 Å². The van der Waals surface area contributed by atoms with Crippen LogP contribution in [0.25, 0.3) is 0 Å². The minimum atomic E-state index is -3.59. The second kappa shape index (κ2) is 11.2. The summed E-state index contributed by atoms with van der Waals surface area (Å²) in [5, 5.41) is 9.21. The summed E-state index contributed by atoms with van der Waals surface area (Å²) in [5.41, 5.74) is 1.99. The quantitative estimate of drug-likeness (QED) is 0.391. The Balaban J connectivity index is 1.74. The summed E-state index contributed by atoms with van der Waals surface area (Å²) in [6.45, 7) is 2.58. The van der Waals surface area contributed by atoms with Gasteiger partial charge in [-0.3, -0.25) is 4.79 Å². The molecular weight excluding hydrogens is 456 g/mol. The van der Waals surface area contributed by atoms with Gasteiger partial charge in [-0.05, 0) is 49.4 Å². The van der Waals surface area contributed by atoms with Gasteiger partial charge in [0.05, 0.1) is 28.5 Å². The number of nitrogens with one attached hydrogen (secondary N) is 3. The van der Waals surface area contributed by atoms with E-state index in [0.717, 1.165) is 19.8 Å². The molecule has 0 bridgehead atoms. The molecule has 1 amide bonds. The van der Waals surface area contributed by atoms with E-state index < -0.39 is 10.0 Å². The zero-order chi connectivity index (χ0) is 23.8. The number of amides is 1. The minimum Gasteiger partial charge on any atom is -0.384 e. The zero-order valence-electron chi connectivity index (χ0n) is 18.8. The van der Waals surface area contributed by atoms with E-state index >= 15 is 0 Å². The first-order valence-electron chi connectivity index (χ1n) is 10.5. The van der Waals surface area contributed by atoms with E-state index in [1.807, 2.05) is 61.5 Å². The Morgan fingerprint density at radius 2 is 1.58 bits per heavy atom. The van der Waals surface area contributed by atoms with Crippen LogP contribution in [-0.4, -0.2) is 45.8 Å². The second-order valence-corrected chi connectivity index (χ2v) is 10.6. The number of carbonyl (C=O) groups is 1. The summed E-state index contributed by atoms with van der Waals surface area (Å²) in [4.78, 5) is 14.9. The molecule has 0 heterocycles. The van der Waals surface area contributed by atoms with Crippen LogP contribution in [0.4, 0.5) is 17.1 Å². The number of nitrogens with zero attached hydrogens (tertiary/aromatic N) is 1. The average Bonchev–Trinajstić information content (AvgIpc) is 2.80. The van der Waals surface area contributed by atoms with Crippen LogP contribution in [0.3, 0.4) is 0 Å². The van der Waals surface area contributed by atoms with E-state index in [2.05, 4.69) is 16.0 Å². The van der Waals surface area contributed by atoms with Gasteiger partial charge in [-0.15, -0.1) is 0 Å². The Hall–Kier alpha value is -3.01. The Bertz CT molecular complexity index is 1200. The van der Waals surface area contributed by atoms with Crippen molar-refractivity contribution in [2.24, 2.45) is 0 Å². The maximum Gasteiger partial charge on any atom is 0.243 e. The van der Waals surface area contributed by atoms with Gasteiger partial charge < -0.3 is 16.0 Å². The molecule has 0 aliphatic rings. The molecule has 7 nitrogen and oxygen atoms in total. The van der Waals surface area contributed by atoms with Crippen molar-refractivity contribution in [2.45, 2.75) is 21.6 Å². The van der Waals surface area contributed by atoms with Gasteiger partial charge in [-0.1, -0.05) is 42.1 Å². The van der Waals surface area contributed by atoms with Gasteiger partial charge in [0.25, 0.3) is 0 Å². The van der Waals surface area contributed by atoms with Crippen LogP contribution in [0.2, 0.25) is 0 Å². The highest BCUT2D eigenvalue weighted by atomic mass is 32.2. The number of benzene rings is 3. The van der Waals surface area contributed by atoms with Crippen LogP contribution in [0.15, 0.2) is 87.5 Å². The molecular formula is C24H28N4O3S2. The Morgan fingerprint density at radius 3 is 2.27 bits per heavy atom. The van der Waals surface area contributed by atoms with Gasteiger partial charge in [0.2, 0.25) is 15.9 Å². The fraction of sp³-hybridized carbons (Fsp3) is 0.208. The third-order valence-electron chi connectivity index (χ3n) is 4.71. The highest BCUT2D eigenvalue weighted by Gasteiger charge is 2.19. The van der Waals surface area contributed by atoms with Crippen LogP contribution in [0, 0.1) is 0 Å². The molecule has 33 heavy (non-hydrogen) atoms. The summed E-state index contributed by atoms with van der Waals surface area (Å²) in [6, 6.07) is 22.3. The number of hydrogen-bond donors (Lipinski definition) is 3. The first-order valence-corrected chi connectivity index (χ1v) is 12.7. The molecule has 0 unspecified atom stereocenters. The molecule has 3 rings (SSSR count). The van der Waals surface area contributed by atoms with Crippen LogP contribution in [0.1, 0.15) is 6.92 Å². The smallest absolute Gasteiger partial charge is 0.243 e. The molecule has 3 N–H and O–H groups in total. The molecule has 0 aliphatic carbocycles. The summed E-state index contributed by atoms with van der Waals surface area (Å²) < 4.78 is 26.2. The topological polar surface area (TPSA) is 90.5 Å². The van der Waals surface area contributed by atoms with Crippen molar-refractivity contribution in [1.29, 1.82) is 0 Å². The second-order valence-electron chi connectivity index (χ2n) is 7.34. The van der Waals surface area contributed by atoms with Gasteiger partial charge in [0, 0.05) is 30.4 Å². The van der Waals surface area contributed by atoms with Crippen molar-refractivity contribution in [3.63, 3.8) is 0 Å². The lowest BCUT2D eigenvalue weighted by Crippen LogP contribution is -2.24. The number of carbonyl (C=O) groups excluding carboxylic acids is 1. The van der Waals surface area contributed by atoms with E-state index in [1.165, 1.54) is 14.1 Å². The van der Waals surface area contributed by atoms with E-state index in [4.69, 9.17) is 0 Å². The SMILES string of the molecule is CCNc1ccc(S(=O)(=O)N(C)C)cc1NCC(=O)Nc1ccccc1Sc1ccccc1. The number of sulfonamides is 1. The van der Waals surface area contributed by atoms with Gasteiger partial charge in [0.15, 0.2) is 0 Å². The third-order valence-corrected chi connectivity index (χ3v) is 7.60. The molecule has 3 aromatic carbocycles. The third kappa shape index (κ3) is 6.50. The predicted octanol–water partition coefficient (Wildman–Crippen LogP) is 4.57. The van der Waals surface area contributed by atoms with Crippen molar-refractivity contribution in [2.75, 3.05) is 43.1 Å². The Kier molecular flexibility index (Phi) is 8.37. The van der Waals surface area contributed by atoms with Crippen LogP contribution < -0.4 is 16.0 Å². The fourth-order valence-corrected chi connectivity index (χ4v) is 4.88. The summed E-state index contributed by atoms with van der Waals surface area (Å²) in [6.07, 6.45) is 0. The van der Waals surface area contributed by atoms with Crippen molar-refractivity contribution < 1.29 is 13.2 Å². The average molecular weight is 485 g/mol. The summed E-state index contributed by atoms with van der Waals surface area (Å²) in [7, 11) is -0.621. The maximum absolute atomic E-state index is 12.7. The van der Waals surface area contributed by atoms with E-state index in [-0.39, 0.29) is 17.3 Å². The zero-order valence-corrected chi connectivity index (χ0v) is 20.5. The van der Waals surface area contributed by atoms with Crippen LogP contribution in [0.5, 0.6) is 0 Å². The van der Waals surface area contributed by atoms with Crippen molar-refractivity contribution in [1.82, 2.24) is 4.31 Å². The van der Waals surface area contributed by atoms with E-state index in [0.29, 0.717) is 17.9 Å². The normalized spacial score (nSPS) is 11.3. The standard InChI is InChI=1S/C24H28N4O3S2/c1-4-25-20-15-14-19(33(30,31)28(2)3)16-22(20)26-17-24(29)27-21-12-8-9-13-23(21)32-18-10-6-5-7-11-18/h5-16,25-26H,4,17H2,1-3H3,(H,27,29). The largest absolute Gasteiger partial charge is 0.384 e. The van der Waals surface area contributed by atoms with Crippen molar-refractivity contribution in [3.05, 3.63) is 72.8 Å². The van der Waals surface area contributed by atoms with Crippen molar-refractivity contribution >= 4 is 44.8 Å². The first kappa shape index (κ1) is 24.6. The lowest BCUT2D eigenvalue weighted by Gasteiger charge is -2.17. The monoisotopic (exact) mass is 484 g/mol. The van der Waals surface area contributed by atoms with E-state index in [9.17, 15) is 13.2 Å². The van der Waals surface area contributed by atoms with Crippen LogP contribution >= 0.6 is 11.8 Å². The molecule has 0 aromatic heterocycles. The molecule has 0 spiro atoms. The van der Waals surface area contributed by atoms with Crippen LogP contribution in [-0.2, 0) is 14.8 Å². The van der Waals surface area contributed by atoms with Gasteiger partial charge >= 0.3 is 0 Å². The molecule has 0 fully saturated rings.